The molecule has 4 heterocycles. The van der Waals surface area contributed by atoms with Crippen molar-refractivity contribution in [3.63, 3.8) is 0 Å². The lowest BCUT2D eigenvalue weighted by atomic mass is 9.99. The van der Waals surface area contributed by atoms with E-state index in [-0.39, 0.29) is 6.10 Å². The molecule has 0 spiro atoms. The molecule has 0 fully saturated rings. The fourth-order valence-corrected chi connectivity index (χ4v) is 4.65. The number of fused-ring (bicyclic) bond motifs is 4. The van der Waals surface area contributed by atoms with Gasteiger partial charge in [0, 0.05) is 42.3 Å². The van der Waals surface area contributed by atoms with Crippen LogP contribution in [0.4, 0.5) is 0 Å². The van der Waals surface area contributed by atoms with Gasteiger partial charge in [-0.3, -0.25) is 4.90 Å². The number of H-pyrrole nitrogens is 1. The van der Waals surface area contributed by atoms with Gasteiger partial charge in [0.05, 0.1) is 5.39 Å². The second kappa shape index (κ2) is 6.96. The molecule has 4 aromatic rings. The first-order valence-corrected chi connectivity index (χ1v) is 10.5. The Morgan fingerprint density at radius 1 is 1.13 bits per heavy atom. The Bertz CT molecular complexity index is 1270. The molecule has 5 heteroatoms. The van der Waals surface area contributed by atoms with E-state index < -0.39 is 0 Å². The molecule has 6 rings (SSSR count). The molecule has 1 atom stereocenters. The molecule has 2 aliphatic rings. The minimum atomic E-state index is 0.0151. The van der Waals surface area contributed by atoms with E-state index in [4.69, 9.17) is 13.9 Å². The minimum Gasteiger partial charge on any atom is -0.486 e. The second-order valence-corrected chi connectivity index (χ2v) is 8.20. The van der Waals surface area contributed by atoms with Crippen molar-refractivity contribution in [3.05, 3.63) is 66.1 Å². The molecule has 0 bridgehead atoms. The number of aryl methyl sites for hydroxylation is 1. The Kier molecular flexibility index (Phi) is 4.09. The molecule has 152 valence electrons. The molecule has 0 saturated heterocycles. The molecule has 0 amide bonds. The van der Waals surface area contributed by atoms with Gasteiger partial charge in [0.15, 0.2) is 11.5 Å². The van der Waals surface area contributed by atoms with Crippen LogP contribution in [0.5, 0.6) is 11.5 Å². The average Bonchev–Trinajstić information content (AvgIpc) is 3.37. The highest BCUT2D eigenvalue weighted by Gasteiger charge is 2.27. The quantitative estimate of drug-likeness (QED) is 0.517. The summed E-state index contributed by atoms with van der Waals surface area (Å²) >= 11 is 0. The normalized spacial score (nSPS) is 19.4. The van der Waals surface area contributed by atoms with Gasteiger partial charge in [-0.2, -0.15) is 0 Å². The third-order valence-corrected chi connectivity index (χ3v) is 6.14. The molecular formula is C25H24N2O3. The number of nitrogens with zero attached hydrogens (tertiary/aromatic N) is 1. The fourth-order valence-electron chi connectivity index (χ4n) is 4.65. The van der Waals surface area contributed by atoms with Gasteiger partial charge in [0.2, 0.25) is 0 Å². The first-order valence-electron chi connectivity index (χ1n) is 10.5. The first-order chi connectivity index (χ1) is 14.7. The van der Waals surface area contributed by atoms with Gasteiger partial charge in [-0.05, 0) is 43.2 Å². The van der Waals surface area contributed by atoms with Crippen LogP contribution >= 0.6 is 0 Å². The molecule has 30 heavy (non-hydrogen) atoms. The van der Waals surface area contributed by atoms with E-state index in [2.05, 4.69) is 46.4 Å². The van der Waals surface area contributed by atoms with Gasteiger partial charge >= 0.3 is 0 Å². The van der Waals surface area contributed by atoms with Gasteiger partial charge < -0.3 is 18.9 Å². The minimum absolute atomic E-state index is 0.0151. The molecule has 0 saturated carbocycles. The molecule has 5 nitrogen and oxygen atoms in total. The van der Waals surface area contributed by atoms with Crippen LogP contribution < -0.4 is 9.47 Å². The zero-order chi connectivity index (χ0) is 20.1. The summed E-state index contributed by atoms with van der Waals surface area (Å²) < 4.78 is 18.1. The zero-order valence-electron chi connectivity index (χ0n) is 17.0. The highest BCUT2D eigenvalue weighted by molar-refractivity contribution is 5.92. The number of nitrogens with one attached hydrogen (secondary N) is 1. The maximum Gasteiger partial charge on any atom is 0.172 e. The summed E-state index contributed by atoms with van der Waals surface area (Å²) in [5.41, 5.74) is 4.79. The number of aromatic nitrogens is 1. The van der Waals surface area contributed by atoms with Crippen molar-refractivity contribution in [1.82, 2.24) is 9.88 Å². The number of furan rings is 1. The van der Waals surface area contributed by atoms with Crippen LogP contribution in [-0.4, -0.2) is 42.2 Å². The number of aromatic amines is 1. The lowest BCUT2D eigenvalue weighted by molar-refractivity contribution is 0.0632. The number of hydrogen-bond acceptors (Lipinski definition) is 4. The van der Waals surface area contributed by atoms with E-state index in [1.54, 1.807) is 0 Å². The summed E-state index contributed by atoms with van der Waals surface area (Å²) in [5.74, 6) is 2.50. The lowest BCUT2D eigenvalue weighted by Gasteiger charge is -2.33. The Labute approximate surface area is 174 Å². The monoisotopic (exact) mass is 400 g/mol. The van der Waals surface area contributed by atoms with Crippen molar-refractivity contribution in [2.45, 2.75) is 19.4 Å². The van der Waals surface area contributed by atoms with Gasteiger partial charge in [-0.1, -0.05) is 24.3 Å². The van der Waals surface area contributed by atoms with Crippen LogP contribution in [-0.2, 0) is 0 Å². The smallest absolute Gasteiger partial charge is 0.172 e. The standard InChI is InChI=1S/C25H24N2O3/c1-16-12-20-23(29-16)6-7-24-25(20)30-18(15-28-24)14-27-10-8-17(9-11-27)21-13-26-22-5-3-2-4-19(21)22/h2-8,12-13,18,26H,9-11,14-15H2,1H3. The van der Waals surface area contributed by atoms with Crippen LogP contribution in [0.3, 0.4) is 0 Å². The molecule has 0 radical (unpaired) electrons. The Morgan fingerprint density at radius 3 is 2.97 bits per heavy atom. The first kappa shape index (κ1) is 17.7. The van der Waals surface area contributed by atoms with Crippen molar-refractivity contribution in [3.8, 4) is 11.5 Å². The molecule has 0 aliphatic carbocycles. The SMILES string of the molecule is Cc1cc2c3c(ccc2o1)OCC(CN1CC=C(c2c[nH]c4ccccc24)CC1)O3. The van der Waals surface area contributed by atoms with Crippen LogP contribution in [0.2, 0.25) is 0 Å². The van der Waals surface area contributed by atoms with Crippen LogP contribution in [0.15, 0.2) is 59.2 Å². The number of hydrogen-bond donors (Lipinski definition) is 1. The fraction of sp³-hybridized carbons (Fsp3) is 0.280. The van der Waals surface area contributed by atoms with Crippen molar-refractivity contribution in [2.75, 3.05) is 26.2 Å². The third kappa shape index (κ3) is 2.97. The van der Waals surface area contributed by atoms with Crippen LogP contribution in [0.25, 0.3) is 27.4 Å². The summed E-state index contributed by atoms with van der Waals surface area (Å²) in [6.45, 7) is 5.33. The topological polar surface area (TPSA) is 50.6 Å². The molecule has 1 N–H and O–H groups in total. The highest BCUT2D eigenvalue weighted by atomic mass is 16.6. The van der Waals surface area contributed by atoms with Gasteiger partial charge in [0.25, 0.3) is 0 Å². The average molecular weight is 400 g/mol. The maximum atomic E-state index is 6.37. The summed E-state index contributed by atoms with van der Waals surface area (Å²) in [7, 11) is 0. The lowest BCUT2D eigenvalue weighted by Crippen LogP contribution is -2.42. The maximum absolute atomic E-state index is 6.37. The zero-order valence-corrected chi connectivity index (χ0v) is 17.0. The molecule has 2 aromatic carbocycles. The van der Waals surface area contributed by atoms with Crippen molar-refractivity contribution in [2.24, 2.45) is 0 Å². The number of ether oxygens (including phenoxy) is 2. The summed E-state index contributed by atoms with van der Waals surface area (Å²) in [6, 6.07) is 14.4. The molecule has 1 unspecified atom stereocenters. The number of rotatable bonds is 3. The Balaban J connectivity index is 1.17. The van der Waals surface area contributed by atoms with E-state index in [1.165, 1.54) is 22.0 Å². The number of benzene rings is 2. The highest BCUT2D eigenvalue weighted by Crippen LogP contribution is 2.40. The van der Waals surface area contributed by atoms with E-state index in [0.717, 1.165) is 54.3 Å². The van der Waals surface area contributed by atoms with E-state index >= 15 is 0 Å². The van der Waals surface area contributed by atoms with Gasteiger partial charge in [-0.25, -0.2) is 0 Å². The Morgan fingerprint density at radius 2 is 2.07 bits per heavy atom. The summed E-state index contributed by atoms with van der Waals surface area (Å²) in [4.78, 5) is 5.83. The largest absolute Gasteiger partial charge is 0.486 e. The summed E-state index contributed by atoms with van der Waals surface area (Å²) in [5, 5.41) is 2.30. The summed E-state index contributed by atoms with van der Waals surface area (Å²) in [6.07, 6.45) is 5.55. The van der Waals surface area contributed by atoms with E-state index in [0.29, 0.717) is 6.61 Å². The predicted octanol–water partition coefficient (Wildman–Crippen LogP) is 5.15. The molecule has 2 aromatic heterocycles. The van der Waals surface area contributed by atoms with E-state index in [1.807, 2.05) is 25.1 Å². The van der Waals surface area contributed by atoms with Gasteiger partial charge in [-0.15, -0.1) is 0 Å². The van der Waals surface area contributed by atoms with Crippen molar-refractivity contribution in [1.29, 1.82) is 0 Å². The van der Waals surface area contributed by atoms with E-state index in [9.17, 15) is 0 Å². The van der Waals surface area contributed by atoms with Crippen LogP contribution in [0, 0.1) is 6.92 Å². The van der Waals surface area contributed by atoms with Crippen LogP contribution in [0.1, 0.15) is 17.7 Å². The molecular weight excluding hydrogens is 376 g/mol. The third-order valence-electron chi connectivity index (χ3n) is 6.14. The Hall–Kier alpha value is -3.18. The molecule has 2 aliphatic heterocycles. The van der Waals surface area contributed by atoms with Crippen molar-refractivity contribution >= 4 is 27.4 Å². The second-order valence-electron chi connectivity index (χ2n) is 8.20. The van der Waals surface area contributed by atoms with Gasteiger partial charge in [0.1, 0.15) is 24.1 Å². The number of para-hydroxylation sites is 1. The predicted molar refractivity (Wildman–Crippen MR) is 118 cm³/mol. The van der Waals surface area contributed by atoms with Crippen molar-refractivity contribution < 1.29 is 13.9 Å².